The molecule has 0 heterocycles. The Hall–Kier alpha value is -1.34. The van der Waals surface area contributed by atoms with E-state index in [-0.39, 0.29) is 5.75 Å². The number of aromatic hydroxyl groups is 1. The highest BCUT2D eigenvalue weighted by molar-refractivity contribution is 9.10. The summed E-state index contributed by atoms with van der Waals surface area (Å²) in [5.74, 6) is 0.484. The Morgan fingerprint density at radius 1 is 1.61 bits per heavy atom. The first-order chi connectivity index (χ1) is 8.58. The van der Waals surface area contributed by atoms with Crippen molar-refractivity contribution in [2.75, 3.05) is 13.7 Å². The maximum Gasteiger partial charge on any atom is 0.186 e. The molecule has 0 aromatic heterocycles. The number of benzene rings is 1. The fourth-order valence-electron chi connectivity index (χ4n) is 1.16. The van der Waals surface area contributed by atoms with Gasteiger partial charge in [0.05, 0.1) is 17.3 Å². The largest absolute Gasteiger partial charge is 0.503 e. The van der Waals surface area contributed by atoms with Crippen molar-refractivity contribution >= 4 is 39.5 Å². The molecule has 0 aliphatic carbocycles. The molecule has 1 aromatic rings. The van der Waals surface area contributed by atoms with Crippen molar-refractivity contribution in [3.05, 3.63) is 22.2 Å². The second kappa shape index (κ2) is 7.17. The monoisotopic (exact) mass is 331 g/mol. The van der Waals surface area contributed by atoms with Crippen LogP contribution in [-0.4, -0.2) is 30.1 Å². The first-order valence-corrected chi connectivity index (χ1v) is 6.44. The zero-order valence-corrected chi connectivity index (χ0v) is 12.4. The van der Waals surface area contributed by atoms with Crippen LogP contribution in [0.1, 0.15) is 12.5 Å². The van der Waals surface area contributed by atoms with Gasteiger partial charge in [-0.25, -0.2) is 0 Å². The van der Waals surface area contributed by atoms with Crippen LogP contribution in [0.2, 0.25) is 0 Å². The van der Waals surface area contributed by atoms with Crippen LogP contribution < -0.4 is 15.5 Å². The zero-order valence-electron chi connectivity index (χ0n) is 10.0. The zero-order chi connectivity index (χ0) is 13.5. The Balaban J connectivity index is 2.86. The van der Waals surface area contributed by atoms with Crippen molar-refractivity contribution in [3.63, 3.8) is 0 Å². The van der Waals surface area contributed by atoms with Crippen LogP contribution in [0.5, 0.6) is 11.5 Å². The Labute approximate surface area is 119 Å². The molecule has 0 saturated carbocycles. The highest BCUT2D eigenvalue weighted by atomic mass is 79.9. The summed E-state index contributed by atoms with van der Waals surface area (Å²) in [7, 11) is 1.70. The number of nitrogens with zero attached hydrogens (tertiary/aromatic N) is 1. The topological polar surface area (TPSA) is 65.9 Å². The van der Waals surface area contributed by atoms with E-state index in [9.17, 15) is 5.11 Å². The van der Waals surface area contributed by atoms with Crippen molar-refractivity contribution in [2.45, 2.75) is 6.92 Å². The molecule has 0 saturated heterocycles. The summed E-state index contributed by atoms with van der Waals surface area (Å²) in [6, 6.07) is 3.42. The lowest BCUT2D eigenvalue weighted by molar-refractivity contribution is 0.317. The third-order valence-electron chi connectivity index (χ3n) is 1.96. The molecule has 0 spiro atoms. The van der Waals surface area contributed by atoms with Crippen LogP contribution in [0.25, 0.3) is 0 Å². The van der Waals surface area contributed by atoms with Crippen molar-refractivity contribution in [1.82, 2.24) is 10.7 Å². The number of nitrogens with one attached hydrogen (secondary N) is 2. The summed E-state index contributed by atoms with van der Waals surface area (Å²) < 4.78 is 5.85. The molecule has 0 aliphatic rings. The summed E-state index contributed by atoms with van der Waals surface area (Å²) >= 11 is 8.13. The third kappa shape index (κ3) is 4.15. The Morgan fingerprint density at radius 3 is 2.94 bits per heavy atom. The molecule has 0 atom stereocenters. The molecule has 0 unspecified atom stereocenters. The van der Waals surface area contributed by atoms with Crippen molar-refractivity contribution in [1.29, 1.82) is 0 Å². The minimum absolute atomic E-state index is 0.0766. The summed E-state index contributed by atoms with van der Waals surface area (Å²) in [6.07, 6.45) is 1.58. The second-order valence-electron chi connectivity index (χ2n) is 3.23. The van der Waals surface area contributed by atoms with Gasteiger partial charge in [0, 0.05) is 7.05 Å². The van der Waals surface area contributed by atoms with E-state index in [1.807, 2.05) is 6.92 Å². The van der Waals surface area contributed by atoms with Crippen LogP contribution >= 0.6 is 28.1 Å². The maximum absolute atomic E-state index is 9.74. The predicted octanol–water partition coefficient (Wildman–Crippen LogP) is 1.98. The second-order valence-corrected chi connectivity index (χ2v) is 4.49. The Kier molecular flexibility index (Phi) is 5.87. The van der Waals surface area contributed by atoms with E-state index in [4.69, 9.17) is 17.0 Å². The maximum atomic E-state index is 9.74. The van der Waals surface area contributed by atoms with E-state index in [2.05, 4.69) is 31.8 Å². The number of halogens is 1. The molecule has 18 heavy (non-hydrogen) atoms. The summed E-state index contributed by atoms with van der Waals surface area (Å²) in [6.45, 7) is 2.32. The first kappa shape index (κ1) is 14.7. The molecule has 0 fully saturated rings. The lowest BCUT2D eigenvalue weighted by Crippen LogP contribution is -2.28. The quantitative estimate of drug-likeness (QED) is 0.447. The SMILES string of the molecule is CCOc1cc(C=NNC(=S)NC)cc(Br)c1O. The highest BCUT2D eigenvalue weighted by Gasteiger charge is 2.08. The molecule has 7 heteroatoms. The average Bonchev–Trinajstić information content (AvgIpc) is 2.35. The van der Waals surface area contributed by atoms with E-state index < -0.39 is 0 Å². The first-order valence-electron chi connectivity index (χ1n) is 5.24. The van der Waals surface area contributed by atoms with Crippen LogP contribution in [0, 0.1) is 0 Å². The fraction of sp³-hybridized carbons (Fsp3) is 0.273. The van der Waals surface area contributed by atoms with Gasteiger partial charge in [-0.3, -0.25) is 5.43 Å². The van der Waals surface area contributed by atoms with Crippen LogP contribution in [-0.2, 0) is 0 Å². The predicted molar refractivity (Wildman–Crippen MR) is 79.4 cm³/mol. The number of rotatable bonds is 4. The molecular formula is C11H14BrN3O2S. The fourth-order valence-corrected chi connectivity index (χ4v) is 1.67. The number of thiocarbonyl (C=S) groups is 1. The van der Waals surface area contributed by atoms with Crippen molar-refractivity contribution < 1.29 is 9.84 Å². The lowest BCUT2D eigenvalue weighted by Gasteiger charge is -2.08. The van der Waals surface area contributed by atoms with Crippen LogP contribution in [0.3, 0.4) is 0 Å². The number of hydrogen-bond donors (Lipinski definition) is 3. The molecule has 0 radical (unpaired) electrons. The number of ether oxygens (including phenoxy) is 1. The molecule has 1 aromatic carbocycles. The number of phenolic OH excluding ortho intramolecular Hbond substituents is 1. The van der Waals surface area contributed by atoms with Gasteiger partial charge in [0.1, 0.15) is 0 Å². The molecule has 98 valence electrons. The molecule has 5 nitrogen and oxygen atoms in total. The third-order valence-corrected chi connectivity index (χ3v) is 2.86. The highest BCUT2D eigenvalue weighted by Crippen LogP contribution is 2.34. The van der Waals surface area contributed by atoms with Gasteiger partial charge in [-0.05, 0) is 52.8 Å². The average molecular weight is 332 g/mol. The van der Waals surface area contributed by atoms with Crippen LogP contribution in [0.15, 0.2) is 21.7 Å². The number of phenols is 1. The molecule has 0 aliphatic heterocycles. The van der Waals surface area contributed by atoms with Crippen LogP contribution in [0.4, 0.5) is 0 Å². The van der Waals surface area contributed by atoms with Gasteiger partial charge in [0.25, 0.3) is 0 Å². The standard InChI is InChI=1S/C11H14BrN3O2S/c1-3-17-9-5-7(4-8(12)10(9)16)6-14-15-11(18)13-2/h4-6,16H,3H2,1-2H3,(H2,13,15,18). The van der Waals surface area contributed by atoms with E-state index in [0.29, 0.717) is 21.9 Å². The van der Waals surface area contributed by atoms with Gasteiger partial charge in [0.15, 0.2) is 16.6 Å². The summed E-state index contributed by atoms with van der Waals surface area (Å²) in [4.78, 5) is 0. The van der Waals surface area contributed by atoms with E-state index in [1.165, 1.54) is 0 Å². The number of hydrazone groups is 1. The molecular weight excluding hydrogens is 318 g/mol. The number of hydrogen-bond acceptors (Lipinski definition) is 4. The minimum atomic E-state index is 0.0766. The van der Waals surface area contributed by atoms with Gasteiger partial charge in [0.2, 0.25) is 0 Å². The normalized spacial score (nSPS) is 10.4. The van der Waals surface area contributed by atoms with Gasteiger partial charge in [-0.15, -0.1) is 0 Å². The summed E-state index contributed by atoms with van der Waals surface area (Å²) in [5.41, 5.74) is 3.41. The minimum Gasteiger partial charge on any atom is -0.503 e. The van der Waals surface area contributed by atoms with Crippen molar-refractivity contribution in [2.24, 2.45) is 5.10 Å². The Bertz CT molecular complexity index is 466. The van der Waals surface area contributed by atoms with E-state index in [1.54, 1.807) is 25.4 Å². The van der Waals surface area contributed by atoms with Crippen molar-refractivity contribution in [3.8, 4) is 11.5 Å². The van der Waals surface area contributed by atoms with E-state index in [0.717, 1.165) is 5.56 Å². The van der Waals surface area contributed by atoms with Gasteiger partial charge < -0.3 is 15.2 Å². The molecule has 1 rings (SSSR count). The van der Waals surface area contributed by atoms with Gasteiger partial charge in [-0.2, -0.15) is 5.10 Å². The van der Waals surface area contributed by atoms with Gasteiger partial charge >= 0.3 is 0 Å². The van der Waals surface area contributed by atoms with Gasteiger partial charge in [-0.1, -0.05) is 0 Å². The molecule has 0 amide bonds. The smallest absolute Gasteiger partial charge is 0.186 e. The Morgan fingerprint density at radius 2 is 2.33 bits per heavy atom. The summed E-state index contributed by atoms with van der Waals surface area (Å²) in [5, 5.41) is 16.9. The van der Waals surface area contributed by atoms with E-state index >= 15 is 0 Å². The lowest BCUT2D eigenvalue weighted by atomic mass is 10.2. The molecule has 0 bridgehead atoms. The molecule has 3 N–H and O–H groups in total.